The number of hydrogen-bond acceptors (Lipinski definition) is 5. The Hall–Kier alpha value is -2.35. The molecule has 0 saturated heterocycles. The van der Waals surface area contributed by atoms with Gasteiger partial charge in [0, 0.05) is 18.6 Å². The number of para-hydroxylation sites is 1. The van der Waals surface area contributed by atoms with Crippen LogP contribution < -0.4 is 10.9 Å². The summed E-state index contributed by atoms with van der Waals surface area (Å²) in [6.07, 6.45) is 4.11. The van der Waals surface area contributed by atoms with E-state index in [-0.39, 0.29) is 41.8 Å². The van der Waals surface area contributed by atoms with Crippen molar-refractivity contribution < 1.29 is 9.59 Å². The number of thioether (sulfide) groups is 1. The minimum Gasteiger partial charge on any atom is -0.352 e. The van der Waals surface area contributed by atoms with Crippen LogP contribution in [0.1, 0.15) is 52.5 Å². The molecule has 1 N–H and O–H groups in total. The molecule has 0 unspecified atom stereocenters. The van der Waals surface area contributed by atoms with Crippen molar-refractivity contribution in [1.29, 1.82) is 0 Å². The molecule has 2 amide bonds. The zero-order chi connectivity index (χ0) is 21.7. The fourth-order valence-corrected chi connectivity index (χ4v) is 4.82. The smallest absolute Gasteiger partial charge is 0.262 e. The van der Waals surface area contributed by atoms with Crippen LogP contribution in [0.5, 0.6) is 0 Å². The van der Waals surface area contributed by atoms with Gasteiger partial charge >= 0.3 is 0 Å². The third-order valence-corrected chi connectivity index (χ3v) is 6.25. The van der Waals surface area contributed by atoms with Gasteiger partial charge in [0.05, 0.1) is 23.2 Å². The van der Waals surface area contributed by atoms with Gasteiger partial charge in [-0.3, -0.25) is 19.0 Å². The Morgan fingerprint density at radius 2 is 1.97 bits per heavy atom. The predicted molar refractivity (Wildman–Crippen MR) is 120 cm³/mol. The van der Waals surface area contributed by atoms with Crippen LogP contribution in [0.25, 0.3) is 10.9 Å². The van der Waals surface area contributed by atoms with E-state index < -0.39 is 0 Å². The van der Waals surface area contributed by atoms with Gasteiger partial charge in [0.2, 0.25) is 11.8 Å². The topological polar surface area (TPSA) is 84.3 Å². The summed E-state index contributed by atoms with van der Waals surface area (Å²) in [6.45, 7) is 6.12. The van der Waals surface area contributed by atoms with Crippen molar-refractivity contribution in [2.45, 2.75) is 63.7 Å². The minimum atomic E-state index is -0.170. The van der Waals surface area contributed by atoms with Gasteiger partial charge in [0.1, 0.15) is 0 Å². The molecule has 0 radical (unpaired) electrons. The summed E-state index contributed by atoms with van der Waals surface area (Å²) >= 11 is 1.28. The van der Waals surface area contributed by atoms with E-state index in [9.17, 15) is 14.4 Å². The molecule has 0 atom stereocenters. The van der Waals surface area contributed by atoms with Crippen LogP contribution >= 0.6 is 11.8 Å². The lowest BCUT2D eigenvalue weighted by atomic mass is 10.2. The second-order valence-corrected chi connectivity index (χ2v) is 8.89. The number of rotatable bonds is 8. The summed E-state index contributed by atoms with van der Waals surface area (Å²) < 4.78 is 1.79. The summed E-state index contributed by atoms with van der Waals surface area (Å²) in [7, 11) is 0. The first kappa shape index (κ1) is 22.3. The quantitative estimate of drug-likeness (QED) is 0.514. The van der Waals surface area contributed by atoms with Crippen molar-refractivity contribution in [2.75, 3.05) is 18.8 Å². The van der Waals surface area contributed by atoms with Gasteiger partial charge in [-0.25, -0.2) is 4.98 Å². The van der Waals surface area contributed by atoms with Crippen LogP contribution in [0.3, 0.4) is 0 Å². The van der Waals surface area contributed by atoms with Crippen molar-refractivity contribution >= 4 is 34.5 Å². The SMILES string of the molecule is CCN(CC(=O)NC(C)C)C(=O)CSc1nc2ccccc2c(=O)n1C1CCCC1. The number of carbonyl (C=O) groups is 2. The molecule has 2 aromatic rings. The Kier molecular flexibility index (Phi) is 7.53. The van der Waals surface area contributed by atoms with Crippen molar-refractivity contribution in [3.05, 3.63) is 34.6 Å². The number of nitrogens with zero attached hydrogens (tertiary/aromatic N) is 3. The molecule has 0 bridgehead atoms. The van der Waals surface area contributed by atoms with Crippen LogP contribution in [-0.2, 0) is 9.59 Å². The first-order valence-electron chi connectivity index (χ1n) is 10.6. The second-order valence-electron chi connectivity index (χ2n) is 7.94. The zero-order valence-electron chi connectivity index (χ0n) is 17.9. The number of carbonyl (C=O) groups excluding carboxylic acids is 2. The molecule has 1 fully saturated rings. The number of nitrogens with one attached hydrogen (secondary N) is 1. The molecule has 30 heavy (non-hydrogen) atoms. The molecule has 0 aliphatic heterocycles. The highest BCUT2D eigenvalue weighted by Crippen LogP contribution is 2.32. The summed E-state index contributed by atoms with van der Waals surface area (Å²) in [5.41, 5.74) is 0.612. The molecule has 1 saturated carbocycles. The third kappa shape index (κ3) is 5.22. The highest BCUT2D eigenvalue weighted by Gasteiger charge is 2.24. The lowest BCUT2D eigenvalue weighted by molar-refractivity contribution is -0.134. The average molecular weight is 431 g/mol. The Bertz CT molecular complexity index is 966. The lowest BCUT2D eigenvalue weighted by Gasteiger charge is -2.22. The molecule has 7 nitrogen and oxygen atoms in total. The first-order chi connectivity index (χ1) is 14.4. The summed E-state index contributed by atoms with van der Waals surface area (Å²) in [4.78, 5) is 44.2. The molecule has 1 heterocycles. The average Bonchev–Trinajstić information content (AvgIpc) is 3.24. The number of fused-ring (bicyclic) bond motifs is 1. The van der Waals surface area contributed by atoms with E-state index in [1.165, 1.54) is 16.7 Å². The van der Waals surface area contributed by atoms with Crippen molar-refractivity contribution in [2.24, 2.45) is 0 Å². The van der Waals surface area contributed by atoms with Crippen LogP contribution in [0.15, 0.2) is 34.2 Å². The highest BCUT2D eigenvalue weighted by atomic mass is 32.2. The van der Waals surface area contributed by atoms with Crippen molar-refractivity contribution in [3.63, 3.8) is 0 Å². The summed E-state index contributed by atoms with van der Waals surface area (Å²) in [5.74, 6) is -0.168. The van der Waals surface area contributed by atoms with E-state index in [4.69, 9.17) is 4.98 Å². The maximum Gasteiger partial charge on any atom is 0.262 e. The van der Waals surface area contributed by atoms with Gasteiger partial charge in [-0.05, 0) is 45.7 Å². The highest BCUT2D eigenvalue weighted by molar-refractivity contribution is 7.99. The molecule has 8 heteroatoms. The van der Waals surface area contributed by atoms with Gasteiger partial charge in [0.25, 0.3) is 5.56 Å². The van der Waals surface area contributed by atoms with Crippen LogP contribution in [0, 0.1) is 0 Å². The lowest BCUT2D eigenvalue weighted by Crippen LogP contribution is -2.43. The summed E-state index contributed by atoms with van der Waals surface area (Å²) in [6, 6.07) is 7.51. The fraction of sp³-hybridized carbons (Fsp3) is 0.545. The van der Waals surface area contributed by atoms with E-state index in [0.29, 0.717) is 22.6 Å². The molecule has 1 aromatic carbocycles. The predicted octanol–water partition coefficient (Wildman–Crippen LogP) is 2.98. The Morgan fingerprint density at radius 3 is 2.63 bits per heavy atom. The molecule has 0 spiro atoms. The molecular formula is C22H30N4O3S. The third-order valence-electron chi connectivity index (χ3n) is 5.31. The maximum absolute atomic E-state index is 13.2. The van der Waals surface area contributed by atoms with E-state index >= 15 is 0 Å². The Labute approximate surface area is 181 Å². The van der Waals surface area contributed by atoms with Gasteiger partial charge in [0.15, 0.2) is 5.16 Å². The number of likely N-dealkylation sites (N-methyl/N-ethyl adjacent to an activating group) is 1. The molecule has 1 aromatic heterocycles. The van der Waals surface area contributed by atoms with Crippen LogP contribution in [0.2, 0.25) is 0 Å². The molecule has 1 aliphatic carbocycles. The van der Waals surface area contributed by atoms with Crippen LogP contribution in [-0.4, -0.2) is 51.1 Å². The Balaban J connectivity index is 1.80. The van der Waals surface area contributed by atoms with Gasteiger partial charge in [-0.2, -0.15) is 0 Å². The largest absolute Gasteiger partial charge is 0.352 e. The second kappa shape index (κ2) is 10.1. The van der Waals surface area contributed by atoms with Crippen molar-refractivity contribution in [3.8, 4) is 0 Å². The summed E-state index contributed by atoms with van der Waals surface area (Å²) in [5, 5.41) is 4.01. The van der Waals surface area contributed by atoms with E-state index in [1.807, 2.05) is 45.0 Å². The molecular weight excluding hydrogens is 400 g/mol. The first-order valence-corrected chi connectivity index (χ1v) is 11.6. The number of hydrogen-bond donors (Lipinski definition) is 1. The molecule has 3 rings (SSSR count). The number of amides is 2. The monoisotopic (exact) mass is 430 g/mol. The van der Waals surface area contributed by atoms with E-state index in [0.717, 1.165) is 25.7 Å². The normalized spacial score (nSPS) is 14.4. The van der Waals surface area contributed by atoms with Gasteiger partial charge in [-0.15, -0.1) is 0 Å². The van der Waals surface area contributed by atoms with Gasteiger partial charge in [-0.1, -0.05) is 36.7 Å². The standard InChI is InChI=1S/C22H30N4O3S/c1-4-25(13-19(27)23-15(2)3)20(28)14-30-22-24-18-12-8-7-11-17(18)21(29)26(22)16-9-5-6-10-16/h7-8,11-12,15-16H,4-6,9-10,13-14H2,1-3H3,(H,23,27). The molecule has 1 aliphatic rings. The minimum absolute atomic E-state index is 0.0309. The van der Waals surface area contributed by atoms with Gasteiger partial charge < -0.3 is 10.2 Å². The van der Waals surface area contributed by atoms with Crippen LogP contribution in [0.4, 0.5) is 0 Å². The van der Waals surface area contributed by atoms with Crippen molar-refractivity contribution in [1.82, 2.24) is 19.8 Å². The van der Waals surface area contributed by atoms with E-state index in [2.05, 4.69) is 5.32 Å². The van der Waals surface area contributed by atoms with E-state index in [1.54, 1.807) is 4.57 Å². The molecule has 162 valence electrons. The number of benzene rings is 1. The zero-order valence-corrected chi connectivity index (χ0v) is 18.7. The maximum atomic E-state index is 13.2. The Morgan fingerprint density at radius 1 is 1.27 bits per heavy atom. The fourth-order valence-electron chi connectivity index (χ4n) is 3.85. The number of aromatic nitrogens is 2.